The van der Waals surface area contributed by atoms with Crippen molar-refractivity contribution in [1.29, 1.82) is 0 Å². The number of hydrogen-bond acceptors (Lipinski definition) is 6. The second-order valence-electron chi connectivity index (χ2n) is 7.30. The monoisotopic (exact) mass is 462 g/mol. The van der Waals surface area contributed by atoms with Gasteiger partial charge in [-0.05, 0) is 29.1 Å². The van der Waals surface area contributed by atoms with Gasteiger partial charge in [0.2, 0.25) is 5.91 Å². The minimum Gasteiger partial charge on any atom is -0.378 e. The molecule has 6 nitrogen and oxygen atoms in total. The molecule has 0 radical (unpaired) electrons. The van der Waals surface area contributed by atoms with Gasteiger partial charge in [0.15, 0.2) is 11.0 Å². The van der Waals surface area contributed by atoms with Crippen LogP contribution in [0.3, 0.4) is 0 Å². The lowest BCUT2D eigenvalue weighted by Gasteiger charge is -2.30. The van der Waals surface area contributed by atoms with E-state index in [4.69, 9.17) is 4.74 Å². The van der Waals surface area contributed by atoms with E-state index in [-0.39, 0.29) is 5.91 Å². The first kappa shape index (κ1) is 20.9. The fourth-order valence-corrected chi connectivity index (χ4v) is 5.50. The first-order valence-corrected chi connectivity index (χ1v) is 12.2. The van der Waals surface area contributed by atoms with Crippen LogP contribution >= 0.6 is 23.1 Å². The summed E-state index contributed by atoms with van der Waals surface area (Å²) in [5, 5.41) is 11.3. The third-order valence-corrected chi connectivity index (χ3v) is 7.31. The number of hydrogen-bond donors (Lipinski definition) is 0. The lowest BCUT2D eigenvalue weighted by Crippen LogP contribution is -2.42. The number of aromatic nitrogens is 3. The number of amides is 1. The Hall–Kier alpha value is -2.94. The van der Waals surface area contributed by atoms with E-state index >= 15 is 0 Å². The van der Waals surface area contributed by atoms with Gasteiger partial charge in [0.05, 0.1) is 18.1 Å². The topological polar surface area (TPSA) is 60.2 Å². The summed E-state index contributed by atoms with van der Waals surface area (Å²) < 4.78 is 7.49. The molecule has 5 rings (SSSR count). The first-order valence-electron chi connectivity index (χ1n) is 10.4. The van der Waals surface area contributed by atoms with Crippen molar-refractivity contribution in [3.63, 3.8) is 0 Å². The molecule has 1 aliphatic heterocycles. The smallest absolute Gasteiger partial charge is 0.240 e. The third-order valence-electron chi connectivity index (χ3n) is 5.26. The molecule has 0 spiro atoms. The Morgan fingerprint density at radius 2 is 1.66 bits per heavy atom. The Kier molecular flexibility index (Phi) is 6.34. The highest BCUT2D eigenvalue weighted by atomic mass is 32.2. The molecule has 1 saturated heterocycles. The molecule has 1 unspecified atom stereocenters. The number of carbonyl (C=O) groups excluding carboxylic acids is 1. The number of carbonyl (C=O) groups is 1. The summed E-state index contributed by atoms with van der Waals surface area (Å²) in [7, 11) is 0. The van der Waals surface area contributed by atoms with E-state index in [1.165, 1.54) is 11.8 Å². The highest BCUT2D eigenvalue weighted by Crippen LogP contribution is 2.39. The van der Waals surface area contributed by atoms with E-state index < -0.39 is 5.25 Å². The van der Waals surface area contributed by atoms with Crippen LogP contribution < -0.4 is 0 Å². The maximum Gasteiger partial charge on any atom is 0.240 e. The van der Waals surface area contributed by atoms with Crippen molar-refractivity contribution >= 4 is 29.0 Å². The van der Waals surface area contributed by atoms with Crippen molar-refractivity contribution in [3.8, 4) is 16.4 Å². The summed E-state index contributed by atoms with van der Waals surface area (Å²) in [6, 6.07) is 24.0. The Balaban J connectivity index is 1.56. The summed E-state index contributed by atoms with van der Waals surface area (Å²) in [6.45, 7) is 2.35. The minimum atomic E-state index is -0.419. The standard InChI is InChI=1S/C24H22N4O2S2/c29-23(27-13-15-30-16-14-27)21(18-8-3-1-4-9-18)32-24-26-25-22(20-12-7-17-31-20)28(24)19-10-5-2-6-11-19/h1-12,17,21H,13-16H2. The Morgan fingerprint density at radius 1 is 0.938 bits per heavy atom. The maximum atomic E-state index is 13.6. The fourth-order valence-electron chi connectivity index (χ4n) is 3.67. The van der Waals surface area contributed by atoms with Crippen molar-refractivity contribution < 1.29 is 9.53 Å². The maximum absolute atomic E-state index is 13.6. The zero-order valence-corrected chi connectivity index (χ0v) is 19.0. The zero-order valence-electron chi connectivity index (χ0n) is 17.3. The molecule has 1 fully saturated rings. The van der Waals surface area contributed by atoms with E-state index in [2.05, 4.69) is 10.2 Å². The van der Waals surface area contributed by atoms with Crippen LogP contribution in [0.5, 0.6) is 0 Å². The molecule has 0 aliphatic carbocycles. The largest absolute Gasteiger partial charge is 0.378 e. The molecule has 1 aliphatic rings. The summed E-state index contributed by atoms with van der Waals surface area (Å²) in [6.07, 6.45) is 0. The van der Waals surface area contributed by atoms with E-state index in [1.807, 2.05) is 87.6 Å². The number of thioether (sulfide) groups is 1. The first-order chi connectivity index (χ1) is 15.8. The highest BCUT2D eigenvalue weighted by Gasteiger charge is 2.30. The van der Waals surface area contributed by atoms with Crippen LogP contribution in [0.25, 0.3) is 16.4 Å². The number of benzene rings is 2. The molecular weight excluding hydrogens is 440 g/mol. The van der Waals surface area contributed by atoms with Gasteiger partial charge in [0.1, 0.15) is 5.25 Å². The van der Waals surface area contributed by atoms with E-state index in [0.717, 1.165) is 22.0 Å². The van der Waals surface area contributed by atoms with Crippen LogP contribution in [-0.4, -0.2) is 51.9 Å². The second-order valence-corrected chi connectivity index (χ2v) is 9.32. The third kappa shape index (κ3) is 4.34. The molecule has 2 aromatic carbocycles. The SMILES string of the molecule is O=C(C(Sc1nnc(-c2cccs2)n1-c1ccccc1)c1ccccc1)N1CCOCC1. The van der Waals surface area contributed by atoms with Gasteiger partial charge >= 0.3 is 0 Å². The number of rotatable bonds is 6. The number of para-hydroxylation sites is 1. The summed E-state index contributed by atoms with van der Waals surface area (Å²) >= 11 is 3.07. The van der Waals surface area contributed by atoms with Gasteiger partial charge in [-0.2, -0.15) is 0 Å². The van der Waals surface area contributed by atoms with Crippen LogP contribution in [0, 0.1) is 0 Å². The molecule has 32 heavy (non-hydrogen) atoms. The Morgan fingerprint density at radius 3 is 2.34 bits per heavy atom. The Labute approximate surface area is 194 Å². The molecule has 162 valence electrons. The fraction of sp³-hybridized carbons (Fsp3) is 0.208. The average molecular weight is 463 g/mol. The zero-order chi connectivity index (χ0) is 21.8. The molecule has 0 saturated carbocycles. The van der Waals surface area contributed by atoms with Gasteiger partial charge in [-0.1, -0.05) is 66.4 Å². The molecular formula is C24H22N4O2S2. The van der Waals surface area contributed by atoms with Gasteiger partial charge in [0.25, 0.3) is 0 Å². The molecule has 0 bridgehead atoms. The van der Waals surface area contributed by atoms with Gasteiger partial charge in [-0.15, -0.1) is 21.5 Å². The quantitative estimate of drug-likeness (QED) is 0.389. The van der Waals surface area contributed by atoms with Gasteiger partial charge in [0, 0.05) is 18.8 Å². The number of morpholine rings is 1. The lowest BCUT2D eigenvalue weighted by molar-refractivity contribution is -0.134. The average Bonchev–Trinajstić information content (AvgIpc) is 3.54. The molecule has 1 atom stereocenters. The number of thiophene rings is 1. The summed E-state index contributed by atoms with van der Waals surface area (Å²) in [5.74, 6) is 0.851. The van der Waals surface area contributed by atoms with Crippen LogP contribution in [0.15, 0.2) is 83.3 Å². The minimum absolute atomic E-state index is 0.0739. The molecule has 8 heteroatoms. The van der Waals surface area contributed by atoms with Crippen LogP contribution in [0.2, 0.25) is 0 Å². The molecule has 4 aromatic rings. The van der Waals surface area contributed by atoms with Crippen molar-refractivity contribution in [2.75, 3.05) is 26.3 Å². The van der Waals surface area contributed by atoms with E-state index in [9.17, 15) is 4.79 Å². The number of ether oxygens (including phenoxy) is 1. The molecule has 2 aromatic heterocycles. The normalized spacial score (nSPS) is 14.9. The second kappa shape index (κ2) is 9.68. The van der Waals surface area contributed by atoms with Crippen molar-refractivity contribution in [1.82, 2.24) is 19.7 Å². The molecule has 3 heterocycles. The van der Waals surface area contributed by atoms with Crippen LogP contribution in [0.1, 0.15) is 10.8 Å². The van der Waals surface area contributed by atoms with Crippen molar-refractivity contribution in [3.05, 3.63) is 83.7 Å². The Bertz CT molecular complexity index is 1160. The predicted octanol–water partition coefficient (Wildman–Crippen LogP) is 4.69. The highest BCUT2D eigenvalue weighted by molar-refractivity contribution is 8.00. The number of nitrogens with zero attached hydrogens (tertiary/aromatic N) is 4. The van der Waals surface area contributed by atoms with Crippen LogP contribution in [-0.2, 0) is 9.53 Å². The van der Waals surface area contributed by atoms with E-state index in [1.54, 1.807) is 11.3 Å². The summed E-state index contributed by atoms with van der Waals surface area (Å²) in [4.78, 5) is 16.5. The van der Waals surface area contributed by atoms with Crippen LogP contribution in [0.4, 0.5) is 0 Å². The van der Waals surface area contributed by atoms with Crippen molar-refractivity contribution in [2.24, 2.45) is 0 Å². The lowest BCUT2D eigenvalue weighted by atomic mass is 10.1. The molecule has 1 amide bonds. The predicted molar refractivity (Wildman–Crippen MR) is 127 cm³/mol. The van der Waals surface area contributed by atoms with Gasteiger partial charge < -0.3 is 9.64 Å². The van der Waals surface area contributed by atoms with Crippen molar-refractivity contribution in [2.45, 2.75) is 10.4 Å². The van der Waals surface area contributed by atoms with Gasteiger partial charge in [-0.3, -0.25) is 9.36 Å². The summed E-state index contributed by atoms with van der Waals surface area (Å²) in [5.41, 5.74) is 1.92. The van der Waals surface area contributed by atoms with E-state index in [0.29, 0.717) is 31.5 Å². The van der Waals surface area contributed by atoms with Gasteiger partial charge in [-0.25, -0.2) is 0 Å². The molecule has 0 N–H and O–H groups in total.